The van der Waals surface area contributed by atoms with Crippen molar-refractivity contribution < 1.29 is 4.43 Å². The van der Waals surface area contributed by atoms with Gasteiger partial charge in [-0.3, -0.25) is 0 Å². The van der Waals surface area contributed by atoms with Crippen molar-refractivity contribution in [1.82, 2.24) is 4.90 Å². The predicted octanol–water partition coefficient (Wildman–Crippen LogP) is 3.96. The molecule has 3 heteroatoms. The molecular weight excluding hydrogens is 334 g/mol. The summed E-state index contributed by atoms with van der Waals surface area (Å²) in [5, 5.41) is 2.55. The van der Waals surface area contributed by atoms with Crippen molar-refractivity contribution >= 4 is 25.0 Å². The van der Waals surface area contributed by atoms with Gasteiger partial charge in [-0.15, -0.1) is 0 Å². The Morgan fingerprint density at radius 3 is 2.19 bits per heavy atom. The Labute approximate surface area is 161 Å². The van der Waals surface area contributed by atoms with Crippen LogP contribution in [0.25, 0.3) is 5.57 Å². The van der Waals surface area contributed by atoms with Gasteiger partial charge in [-0.05, 0) is 49.8 Å². The van der Waals surface area contributed by atoms with E-state index in [-0.39, 0.29) is 5.60 Å². The van der Waals surface area contributed by atoms with E-state index in [2.05, 4.69) is 101 Å². The molecule has 0 aliphatic heterocycles. The molecule has 0 aromatic heterocycles. The van der Waals surface area contributed by atoms with Crippen molar-refractivity contribution in [2.24, 2.45) is 0 Å². The van der Waals surface area contributed by atoms with Crippen molar-refractivity contribution in [2.75, 3.05) is 19.6 Å². The zero-order valence-corrected chi connectivity index (χ0v) is 17.9. The molecule has 2 rings (SSSR count). The van der Waals surface area contributed by atoms with E-state index in [9.17, 15) is 0 Å². The van der Waals surface area contributed by atoms with E-state index in [1.165, 1.54) is 15.9 Å². The summed E-state index contributed by atoms with van der Waals surface area (Å²) < 4.78 is 6.81. The number of hydrogen-bond donors (Lipinski definition) is 0. The maximum atomic E-state index is 6.81. The number of rotatable bonds is 9. The van der Waals surface area contributed by atoms with E-state index in [4.69, 9.17) is 4.43 Å². The molecule has 1 radical (unpaired) electrons. The summed E-state index contributed by atoms with van der Waals surface area (Å²) in [6.45, 7) is 18.0. The third-order valence-corrected chi connectivity index (χ3v) is 6.98. The van der Waals surface area contributed by atoms with Crippen molar-refractivity contribution in [1.29, 1.82) is 0 Å². The molecule has 0 atom stereocenters. The molecule has 2 aromatic carbocycles. The first-order valence-electron chi connectivity index (χ1n) is 9.46. The first-order valence-corrected chi connectivity index (χ1v) is 10.9. The second-order valence-electron chi connectivity index (χ2n) is 7.38. The minimum atomic E-state index is -1.34. The van der Waals surface area contributed by atoms with Crippen molar-refractivity contribution in [2.45, 2.75) is 40.2 Å². The molecule has 0 heterocycles. The van der Waals surface area contributed by atoms with Crippen molar-refractivity contribution in [3.05, 3.63) is 66.7 Å². The maximum Gasteiger partial charge on any atom is 0.283 e. The number of allylic oxidation sites excluding steroid dienone is 1. The van der Waals surface area contributed by atoms with Gasteiger partial charge in [-0.2, -0.15) is 0 Å². The summed E-state index contributed by atoms with van der Waals surface area (Å²) in [7, 11) is -1.34. The summed E-state index contributed by atoms with van der Waals surface area (Å²) >= 11 is 0. The quantitative estimate of drug-likeness (QED) is 0.623. The van der Waals surface area contributed by atoms with Gasteiger partial charge in [0.1, 0.15) is 0 Å². The fourth-order valence-electron chi connectivity index (χ4n) is 3.09. The van der Waals surface area contributed by atoms with Crippen LogP contribution in [-0.4, -0.2) is 39.2 Å². The van der Waals surface area contributed by atoms with E-state index in [1.807, 2.05) is 0 Å². The smallest absolute Gasteiger partial charge is 0.283 e. The molecule has 26 heavy (non-hydrogen) atoms. The number of likely N-dealkylation sites (N-methyl/N-ethyl adjacent to an activating group) is 1. The second-order valence-corrected chi connectivity index (χ2v) is 9.40. The lowest BCUT2D eigenvalue weighted by molar-refractivity contribution is 0.0656. The molecule has 0 saturated heterocycles. The normalized spacial score (nSPS) is 12.0. The van der Waals surface area contributed by atoms with E-state index in [0.29, 0.717) is 0 Å². The lowest BCUT2D eigenvalue weighted by atomic mass is 10.1. The Morgan fingerprint density at radius 1 is 1.00 bits per heavy atom. The van der Waals surface area contributed by atoms with Crippen molar-refractivity contribution in [3.63, 3.8) is 0 Å². The Balaban J connectivity index is 2.36. The third-order valence-electron chi connectivity index (χ3n) is 4.53. The lowest BCUT2D eigenvalue weighted by Crippen LogP contribution is -2.53. The Hall–Kier alpha value is -1.68. The average Bonchev–Trinajstić information content (AvgIpc) is 2.65. The summed E-state index contributed by atoms with van der Waals surface area (Å²) in [5.74, 6) is 0. The maximum absolute atomic E-state index is 6.81. The van der Waals surface area contributed by atoms with Crippen LogP contribution in [0.5, 0.6) is 0 Å². The van der Waals surface area contributed by atoms with Gasteiger partial charge in [-0.1, -0.05) is 80.6 Å². The monoisotopic (exact) mass is 366 g/mol. The Bertz CT molecular complexity index is 707. The molecule has 0 spiro atoms. The van der Waals surface area contributed by atoms with Gasteiger partial charge in [0.05, 0.1) is 5.60 Å². The van der Waals surface area contributed by atoms with Gasteiger partial charge in [0.15, 0.2) is 0 Å². The van der Waals surface area contributed by atoms with Gasteiger partial charge in [0.2, 0.25) is 0 Å². The molecule has 0 saturated carbocycles. The van der Waals surface area contributed by atoms with E-state index >= 15 is 0 Å². The summed E-state index contributed by atoms with van der Waals surface area (Å²) in [4.78, 5) is 2.43. The van der Waals surface area contributed by atoms with Crippen LogP contribution in [0.3, 0.4) is 0 Å². The topological polar surface area (TPSA) is 12.5 Å². The van der Waals surface area contributed by atoms with E-state index in [0.717, 1.165) is 25.2 Å². The van der Waals surface area contributed by atoms with Crippen LogP contribution in [0.1, 0.15) is 40.2 Å². The van der Waals surface area contributed by atoms with Gasteiger partial charge in [0, 0.05) is 6.54 Å². The second kappa shape index (κ2) is 9.31. The number of hydrogen-bond acceptors (Lipinski definition) is 2. The molecule has 0 unspecified atom stereocenters. The number of benzene rings is 2. The first-order chi connectivity index (χ1) is 12.4. The zero-order valence-electron chi connectivity index (χ0n) is 16.9. The van der Waals surface area contributed by atoms with Crippen molar-refractivity contribution in [3.8, 4) is 0 Å². The molecule has 2 nitrogen and oxygen atoms in total. The molecule has 139 valence electrons. The van der Waals surface area contributed by atoms with Gasteiger partial charge < -0.3 is 9.33 Å². The largest absolute Gasteiger partial charge is 0.401 e. The Kier molecular flexibility index (Phi) is 7.39. The molecule has 2 aromatic rings. The molecule has 0 N–H and O–H groups in total. The number of nitrogens with zero attached hydrogens (tertiary/aromatic N) is 1. The first kappa shape index (κ1) is 20.6. The highest BCUT2D eigenvalue weighted by Crippen LogP contribution is 2.15. The lowest BCUT2D eigenvalue weighted by Gasteiger charge is -2.35. The fraction of sp³-hybridized carbons (Fsp3) is 0.391. The fourth-order valence-corrected chi connectivity index (χ4v) is 5.31. The molecule has 0 aliphatic rings. The van der Waals surface area contributed by atoms with Crippen LogP contribution < -0.4 is 10.4 Å². The highest BCUT2D eigenvalue weighted by atomic mass is 28.3. The van der Waals surface area contributed by atoms with Crippen LogP contribution in [0.2, 0.25) is 0 Å². The highest BCUT2D eigenvalue weighted by molar-refractivity contribution is 6.80. The summed E-state index contributed by atoms with van der Waals surface area (Å²) in [5.41, 5.74) is 2.06. The zero-order chi connectivity index (χ0) is 19.2. The Morgan fingerprint density at radius 2 is 1.62 bits per heavy atom. The molecule has 0 amide bonds. The van der Waals surface area contributed by atoms with Crippen LogP contribution in [0, 0.1) is 0 Å². The average molecular weight is 367 g/mol. The summed E-state index contributed by atoms with van der Waals surface area (Å²) in [6, 6.07) is 19.3. The van der Waals surface area contributed by atoms with Crippen LogP contribution in [0.4, 0.5) is 0 Å². The van der Waals surface area contributed by atoms with Gasteiger partial charge in [0.25, 0.3) is 9.04 Å². The minimum absolute atomic E-state index is 0.213. The molecule has 0 aliphatic carbocycles. The summed E-state index contributed by atoms with van der Waals surface area (Å²) in [6.07, 6.45) is 0. The third kappa shape index (κ3) is 5.66. The van der Waals surface area contributed by atoms with Crippen LogP contribution in [-0.2, 0) is 4.43 Å². The molecule has 0 bridgehead atoms. The predicted molar refractivity (Wildman–Crippen MR) is 116 cm³/mol. The molecular formula is C23H32NOSi. The van der Waals surface area contributed by atoms with Crippen LogP contribution in [0.15, 0.2) is 61.2 Å². The molecule has 0 fully saturated rings. The van der Waals surface area contributed by atoms with Crippen LogP contribution >= 0.6 is 0 Å². The SMILES string of the molecule is C=C(C)c1cccc([Si](OC(C)(C)CN(CC)CC)c2ccccc2)c1. The highest BCUT2D eigenvalue weighted by Gasteiger charge is 2.30. The standard InChI is InChI=1S/C23H32NOSi/c1-7-24(8-2)18-23(5,6)25-26(21-14-10-9-11-15-21)22-16-12-13-20(17-22)19(3)4/h9-17H,3,7-8,18H2,1-2,4-6H3. The minimum Gasteiger partial charge on any atom is -0.401 e. The van der Waals surface area contributed by atoms with E-state index < -0.39 is 9.04 Å². The van der Waals surface area contributed by atoms with Gasteiger partial charge in [-0.25, -0.2) is 0 Å². The van der Waals surface area contributed by atoms with E-state index in [1.54, 1.807) is 0 Å². The van der Waals surface area contributed by atoms with Gasteiger partial charge >= 0.3 is 0 Å².